The van der Waals surface area contributed by atoms with Crippen molar-refractivity contribution in [1.82, 2.24) is 20.3 Å². The summed E-state index contributed by atoms with van der Waals surface area (Å²) in [6, 6.07) is 12.6. The van der Waals surface area contributed by atoms with E-state index in [0.29, 0.717) is 17.4 Å². The van der Waals surface area contributed by atoms with Crippen molar-refractivity contribution in [3.8, 4) is 10.4 Å². The molecule has 1 aliphatic rings. The van der Waals surface area contributed by atoms with Gasteiger partial charge in [-0.3, -0.25) is 9.78 Å². The van der Waals surface area contributed by atoms with Gasteiger partial charge in [-0.05, 0) is 31.0 Å². The zero-order valence-electron chi connectivity index (χ0n) is 16.8. The van der Waals surface area contributed by atoms with E-state index in [-0.39, 0.29) is 5.91 Å². The Morgan fingerprint density at radius 1 is 1.13 bits per heavy atom. The number of amides is 1. The van der Waals surface area contributed by atoms with Crippen LogP contribution in [0.15, 0.2) is 61.2 Å². The van der Waals surface area contributed by atoms with Gasteiger partial charge >= 0.3 is 0 Å². The molecule has 0 bridgehead atoms. The maximum Gasteiger partial charge on any atom is 0.259 e. The second kappa shape index (κ2) is 8.79. The first-order valence-electron chi connectivity index (χ1n) is 10.3. The van der Waals surface area contributed by atoms with Gasteiger partial charge in [0.2, 0.25) is 0 Å². The van der Waals surface area contributed by atoms with Crippen LogP contribution in [0.4, 0.5) is 11.6 Å². The van der Waals surface area contributed by atoms with Crippen LogP contribution in [0.3, 0.4) is 0 Å². The van der Waals surface area contributed by atoms with Crippen LogP contribution in [0.1, 0.15) is 23.2 Å². The Hall–Kier alpha value is -3.36. The number of hydrogen-bond donors (Lipinski definition) is 3. The van der Waals surface area contributed by atoms with E-state index in [0.717, 1.165) is 52.3 Å². The number of hydrogen-bond acceptors (Lipinski definition) is 7. The zero-order chi connectivity index (χ0) is 21.0. The van der Waals surface area contributed by atoms with Crippen molar-refractivity contribution < 1.29 is 4.79 Å². The molecule has 1 amide bonds. The number of carbonyl (C=O) groups is 1. The van der Waals surface area contributed by atoms with Gasteiger partial charge in [0.1, 0.15) is 5.82 Å². The summed E-state index contributed by atoms with van der Waals surface area (Å²) < 4.78 is 0.904. The number of piperidine rings is 1. The lowest BCUT2D eigenvalue weighted by atomic mass is 10.1. The van der Waals surface area contributed by atoms with Gasteiger partial charge in [0.25, 0.3) is 5.91 Å². The third-order valence-corrected chi connectivity index (χ3v) is 6.52. The summed E-state index contributed by atoms with van der Waals surface area (Å²) in [5.74, 6) is 0.986. The highest BCUT2D eigenvalue weighted by Crippen LogP contribution is 2.38. The normalized spacial score (nSPS) is 16.2. The third-order valence-electron chi connectivity index (χ3n) is 5.30. The fourth-order valence-electron chi connectivity index (χ4n) is 3.76. The first-order chi connectivity index (χ1) is 15.3. The summed E-state index contributed by atoms with van der Waals surface area (Å²) in [6.07, 6.45) is 8.53. The van der Waals surface area contributed by atoms with E-state index in [1.165, 1.54) is 6.20 Å². The number of benzene rings is 1. The third kappa shape index (κ3) is 4.26. The summed E-state index contributed by atoms with van der Waals surface area (Å²) >= 11 is 1.60. The molecule has 0 unspecified atom stereocenters. The molecule has 7 nitrogen and oxygen atoms in total. The number of carbonyl (C=O) groups excluding carboxylic acids is 1. The van der Waals surface area contributed by atoms with E-state index < -0.39 is 0 Å². The van der Waals surface area contributed by atoms with Crippen LogP contribution in [0.5, 0.6) is 0 Å². The monoisotopic (exact) mass is 430 g/mol. The molecule has 0 radical (unpaired) electrons. The van der Waals surface area contributed by atoms with Crippen LogP contribution in [-0.2, 0) is 0 Å². The average molecular weight is 431 g/mol. The number of pyridine rings is 1. The van der Waals surface area contributed by atoms with Gasteiger partial charge in [-0.2, -0.15) is 0 Å². The number of nitrogens with zero attached hydrogens (tertiary/aromatic N) is 3. The summed E-state index contributed by atoms with van der Waals surface area (Å²) in [5.41, 5.74) is 1.65. The minimum atomic E-state index is -0.245. The van der Waals surface area contributed by atoms with Crippen molar-refractivity contribution in [1.29, 1.82) is 0 Å². The van der Waals surface area contributed by atoms with E-state index in [2.05, 4.69) is 49.1 Å². The minimum absolute atomic E-state index is 0.245. The van der Waals surface area contributed by atoms with Crippen molar-refractivity contribution in [2.24, 2.45) is 0 Å². The summed E-state index contributed by atoms with van der Waals surface area (Å²) in [4.78, 5) is 26.9. The second-order valence-corrected chi connectivity index (χ2v) is 8.52. The number of thiophene rings is 1. The second-order valence-electron chi connectivity index (χ2n) is 7.47. The molecular weight excluding hydrogens is 408 g/mol. The molecule has 1 saturated heterocycles. The van der Waals surface area contributed by atoms with Crippen LogP contribution in [0.2, 0.25) is 0 Å². The fraction of sp³-hybridized carbons (Fsp3) is 0.217. The summed E-state index contributed by atoms with van der Waals surface area (Å²) in [7, 11) is 0. The Morgan fingerprint density at radius 3 is 2.81 bits per heavy atom. The number of nitrogens with one attached hydrogen (secondary N) is 3. The van der Waals surface area contributed by atoms with Gasteiger partial charge in [0.15, 0.2) is 5.82 Å². The smallest absolute Gasteiger partial charge is 0.259 e. The molecule has 1 fully saturated rings. The molecule has 156 valence electrons. The molecule has 8 heteroatoms. The molecule has 1 atom stereocenters. The van der Waals surface area contributed by atoms with Crippen LogP contribution < -0.4 is 16.0 Å². The SMILES string of the molecule is O=C(Nc1cnccn1)c1cnc(N[C@H]2CCCNC2)c2cc(-c3ccccc3)sc12. The van der Waals surface area contributed by atoms with Gasteiger partial charge in [-0.25, -0.2) is 9.97 Å². The van der Waals surface area contributed by atoms with Gasteiger partial charge in [-0.1, -0.05) is 30.3 Å². The maximum absolute atomic E-state index is 13.0. The van der Waals surface area contributed by atoms with E-state index in [1.807, 2.05) is 18.2 Å². The zero-order valence-corrected chi connectivity index (χ0v) is 17.7. The molecule has 5 rings (SSSR count). The van der Waals surface area contributed by atoms with Crippen molar-refractivity contribution in [3.63, 3.8) is 0 Å². The summed E-state index contributed by atoms with van der Waals surface area (Å²) in [5, 5.41) is 10.8. The number of aromatic nitrogens is 3. The Morgan fingerprint density at radius 2 is 2.03 bits per heavy atom. The standard InChI is InChI=1S/C23H22N6OS/c30-23(29-20-14-25-9-10-26-20)18-13-27-22(28-16-7-4-8-24-12-16)17-11-19(31-21(17)18)15-5-2-1-3-6-15/h1-3,5-6,9-11,13-14,16,24H,4,7-8,12H2,(H,27,28)(H,26,29,30)/t16-/m0/s1. The Bertz CT molecular complexity index is 1190. The van der Waals surface area contributed by atoms with E-state index in [1.54, 1.807) is 29.9 Å². The Labute approximate surface area is 184 Å². The Balaban J connectivity index is 1.55. The molecule has 1 aliphatic heterocycles. The van der Waals surface area contributed by atoms with Crippen LogP contribution in [0, 0.1) is 0 Å². The highest BCUT2D eigenvalue weighted by molar-refractivity contribution is 7.22. The number of anilines is 2. The fourth-order valence-corrected chi connectivity index (χ4v) is 4.93. The molecule has 4 heterocycles. The highest BCUT2D eigenvalue weighted by Gasteiger charge is 2.20. The van der Waals surface area contributed by atoms with Crippen molar-refractivity contribution in [2.75, 3.05) is 23.7 Å². The van der Waals surface area contributed by atoms with Crippen LogP contribution in [0.25, 0.3) is 20.5 Å². The molecular formula is C23H22N6OS. The van der Waals surface area contributed by atoms with Crippen molar-refractivity contribution >= 4 is 39.0 Å². The van der Waals surface area contributed by atoms with Crippen molar-refractivity contribution in [2.45, 2.75) is 18.9 Å². The lowest BCUT2D eigenvalue weighted by Gasteiger charge is -2.24. The molecule has 4 aromatic rings. The van der Waals surface area contributed by atoms with Crippen LogP contribution in [-0.4, -0.2) is 40.0 Å². The van der Waals surface area contributed by atoms with Crippen molar-refractivity contribution in [3.05, 3.63) is 66.7 Å². The molecule has 3 aromatic heterocycles. The predicted molar refractivity (Wildman–Crippen MR) is 125 cm³/mol. The molecule has 0 spiro atoms. The molecule has 31 heavy (non-hydrogen) atoms. The largest absolute Gasteiger partial charge is 0.366 e. The maximum atomic E-state index is 13.0. The minimum Gasteiger partial charge on any atom is -0.366 e. The topological polar surface area (TPSA) is 91.8 Å². The van der Waals surface area contributed by atoms with Gasteiger partial charge in [0, 0.05) is 41.4 Å². The molecule has 1 aromatic carbocycles. The lowest BCUT2D eigenvalue weighted by molar-refractivity contribution is 0.102. The van der Waals surface area contributed by atoms with E-state index in [9.17, 15) is 4.79 Å². The molecule has 3 N–H and O–H groups in total. The summed E-state index contributed by atoms with van der Waals surface area (Å²) in [6.45, 7) is 1.97. The number of fused-ring (bicyclic) bond motifs is 1. The highest BCUT2D eigenvalue weighted by atomic mass is 32.1. The first kappa shape index (κ1) is 19.6. The quantitative estimate of drug-likeness (QED) is 0.440. The molecule has 0 saturated carbocycles. The lowest BCUT2D eigenvalue weighted by Crippen LogP contribution is -2.38. The van der Waals surface area contributed by atoms with Crippen LogP contribution >= 0.6 is 11.3 Å². The number of rotatable bonds is 5. The molecule has 0 aliphatic carbocycles. The predicted octanol–water partition coefficient (Wildman–Crippen LogP) is 4.17. The average Bonchev–Trinajstić information content (AvgIpc) is 3.27. The van der Waals surface area contributed by atoms with Gasteiger partial charge < -0.3 is 16.0 Å². The first-order valence-corrected chi connectivity index (χ1v) is 11.1. The van der Waals surface area contributed by atoms with E-state index >= 15 is 0 Å². The van der Waals surface area contributed by atoms with Gasteiger partial charge in [-0.15, -0.1) is 11.3 Å². The van der Waals surface area contributed by atoms with E-state index in [4.69, 9.17) is 0 Å². The van der Waals surface area contributed by atoms with Gasteiger partial charge in [0.05, 0.1) is 16.5 Å². The Kier molecular flexibility index (Phi) is 5.56.